The highest BCUT2D eigenvalue weighted by molar-refractivity contribution is 7.92. The molecule has 0 aliphatic rings. The number of anilines is 1. The summed E-state index contributed by atoms with van der Waals surface area (Å²) < 4.78 is 42.0. The second kappa shape index (κ2) is 5.26. The minimum absolute atomic E-state index is 0.101. The fraction of sp³-hybridized carbons (Fsp3) is 0.231. The molecule has 2 rings (SSSR count). The molecule has 1 aromatic heterocycles. The van der Waals surface area contributed by atoms with Gasteiger partial charge >= 0.3 is 0 Å². The number of hydrogen-bond donors (Lipinski definition) is 2. The number of nitrogens with zero attached hydrogens (tertiary/aromatic N) is 1. The van der Waals surface area contributed by atoms with Gasteiger partial charge in [-0.1, -0.05) is 6.07 Å². The second-order valence-corrected chi connectivity index (χ2v) is 6.18. The van der Waals surface area contributed by atoms with E-state index in [1.807, 2.05) is 0 Å². The SMILES string of the molecule is Cc1c(F)cccc1NS(=O)(=O)c1cc(CN)n(C)c1. The van der Waals surface area contributed by atoms with Crippen LogP contribution in [0.5, 0.6) is 0 Å². The average molecular weight is 297 g/mol. The van der Waals surface area contributed by atoms with Crippen LogP contribution >= 0.6 is 0 Å². The lowest BCUT2D eigenvalue weighted by Gasteiger charge is -2.09. The summed E-state index contributed by atoms with van der Waals surface area (Å²) in [7, 11) is -2.04. The first-order chi connectivity index (χ1) is 9.35. The van der Waals surface area contributed by atoms with Crippen LogP contribution in [0.3, 0.4) is 0 Å². The standard InChI is InChI=1S/C13H16FN3O2S/c1-9-12(14)4-3-5-13(9)16-20(18,19)11-6-10(7-15)17(2)8-11/h3-6,8,16H,7,15H2,1-2H3. The van der Waals surface area contributed by atoms with Crippen molar-refractivity contribution < 1.29 is 12.8 Å². The molecule has 2 aromatic rings. The van der Waals surface area contributed by atoms with Crippen LogP contribution in [0.25, 0.3) is 0 Å². The van der Waals surface area contributed by atoms with E-state index in [4.69, 9.17) is 5.73 Å². The lowest BCUT2D eigenvalue weighted by Crippen LogP contribution is -2.13. The van der Waals surface area contributed by atoms with Gasteiger partial charge < -0.3 is 10.3 Å². The largest absolute Gasteiger partial charge is 0.352 e. The van der Waals surface area contributed by atoms with E-state index in [-0.39, 0.29) is 22.7 Å². The van der Waals surface area contributed by atoms with E-state index < -0.39 is 15.8 Å². The Morgan fingerprint density at radius 3 is 2.70 bits per heavy atom. The van der Waals surface area contributed by atoms with Gasteiger partial charge in [-0.2, -0.15) is 0 Å². The molecule has 0 atom stereocenters. The van der Waals surface area contributed by atoms with Gasteiger partial charge in [0.25, 0.3) is 10.0 Å². The number of halogens is 1. The number of nitrogens with one attached hydrogen (secondary N) is 1. The summed E-state index contributed by atoms with van der Waals surface area (Å²) in [6.07, 6.45) is 1.47. The lowest BCUT2D eigenvalue weighted by molar-refractivity contribution is 0.600. The predicted molar refractivity (Wildman–Crippen MR) is 75.2 cm³/mol. The van der Waals surface area contributed by atoms with E-state index in [1.54, 1.807) is 11.6 Å². The van der Waals surface area contributed by atoms with E-state index in [9.17, 15) is 12.8 Å². The Kier molecular flexibility index (Phi) is 3.82. The molecule has 0 unspecified atom stereocenters. The first-order valence-electron chi connectivity index (χ1n) is 5.98. The van der Waals surface area contributed by atoms with Crippen molar-refractivity contribution in [1.29, 1.82) is 0 Å². The van der Waals surface area contributed by atoms with Crippen molar-refractivity contribution in [3.8, 4) is 0 Å². The summed E-state index contributed by atoms with van der Waals surface area (Å²) in [5.74, 6) is -0.457. The fourth-order valence-corrected chi connectivity index (χ4v) is 3.07. The van der Waals surface area contributed by atoms with E-state index in [0.717, 1.165) is 0 Å². The van der Waals surface area contributed by atoms with Crippen molar-refractivity contribution in [2.75, 3.05) is 4.72 Å². The van der Waals surface area contributed by atoms with Gasteiger partial charge in [0.15, 0.2) is 0 Å². The van der Waals surface area contributed by atoms with Crippen LogP contribution in [0.4, 0.5) is 10.1 Å². The number of sulfonamides is 1. The summed E-state index contributed by atoms with van der Waals surface area (Å²) >= 11 is 0. The molecular formula is C13H16FN3O2S. The Balaban J connectivity index is 2.38. The van der Waals surface area contributed by atoms with E-state index >= 15 is 0 Å². The van der Waals surface area contributed by atoms with E-state index in [2.05, 4.69) is 4.72 Å². The first kappa shape index (κ1) is 14.5. The van der Waals surface area contributed by atoms with Crippen molar-refractivity contribution >= 4 is 15.7 Å². The average Bonchev–Trinajstić information content (AvgIpc) is 2.77. The Hall–Kier alpha value is -1.86. The number of rotatable bonds is 4. The smallest absolute Gasteiger partial charge is 0.263 e. The third kappa shape index (κ3) is 2.68. The summed E-state index contributed by atoms with van der Waals surface area (Å²) in [6, 6.07) is 5.75. The van der Waals surface area contributed by atoms with Gasteiger partial charge in [-0.25, -0.2) is 12.8 Å². The van der Waals surface area contributed by atoms with Gasteiger partial charge in [0.1, 0.15) is 10.7 Å². The van der Waals surface area contributed by atoms with Crippen molar-refractivity contribution in [1.82, 2.24) is 4.57 Å². The first-order valence-corrected chi connectivity index (χ1v) is 7.46. The molecule has 0 fully saturated rings. The second-order valence-electron chi connectivity index (χ2n) is 4.50. The third-order valence-electron chi connectivity index (χ3n) is 3.11. The molecule has 5 nitrogen and oxygen atoms in total. The van der Waals surface area contributed by atoms with E-state index in [0.29, 0.717) is 5.69 Å². The highest BCUT2D eigenvalue weighted by Gasteiger charge is 2.18. The molecule has 0 amide bonds. The Bertz CT molecular complexity index is 738. The van der Waals surface area contributed by atoms with Crippen LogP contribution < -0.4 is 10.5 Å². The minimum Gasteiger partial charge on any atom is -0.352 e. The molecule has 108 valence electrons. The molecule has 0 aliphatic heterocycles. The zero-order chi connectivity index (χ0) is 14.9. The maximum absolute atomic E-state index is 13.4. The molecule has 0 saturated heterocycles. The van der Waals surface area contributed by atoms with Crippen LogP contribution in [0.1, 0.15) is 11.3 Å². The highest BCUT2D eigenvalue weighted by atomic mass is 32.2. The zero-order valence-electron chi connectivity index (χ0n) is 11.2. The number of nitrogens with two attached hydrogens (primary N) is 1. The summed E-state index contributed by atoms with van der Waals surface area (Å²) in [5, 5.41) is 0. The molecule has 1 aromatic carbocycles. The summed E-state index contributed by atoms with van der Waals surface area (Å²) in [6.45, 7) is 1.76. The van der Waals surface area contributed by atoms with Crippen molar-refractivity contribution in [2.45, 2.75) is 18.4 Å². The van der Waals surface area contributed by atoms with Gasteiger partial charge in [0, 0.05) is 31.0 Å². The minimum atomic E-state index is -3.76. The maximum atomic E-state index is 13.4. The van der Waals surface area contributed by atoms with E-state index in [1.165, 1.54) is 37.4 Å². The van der Waals surface area contributed by atoms with Crippen LogP contribution in [0, 0.1) is 12.7 Å². The van der Waals surface area contributed by atoms with Gasteiger partial charge in [-0.05, 0) is 25.1 Å². The van der Waals surface area contributed by atoms with Gasteiger partial charge in [-0.15, -0.1) is 0 Å². The fourth-order valence-electron chi connectivity index (χ4n) is 1.85. The molecule has 0 aliphatic carbocycles. The van der Waals surface area contributed by atoms with Crippen molar-refractivity contribution in [2.24, 2.45) is 12.8 Å². The number of aromatic nitrogens is 1. The summed E-state index contributed by atoms with van der Waals surface area (Å²) in [4.78, 5) is 0.101. The van der Waals surface area contributed by atoms with Gasteiger partial charge in [-0.3, -0.25) is 4.72 Å². The molecule has 0 spiro atoms. The third-order valence-corrected chi connectivity index (χ3v) is 4.45. The molecule has 20 heavy (non-hydrogen) atoms. The van der Waals surface area contributed by atoms with Crippen LogP contribution in [0.15, 0.2) is 35.4 Å². The molecular weight excluding hydrogens is 281 g/mol. The van der Waals surface area contributed by atoms with Gasteiger partial charge in [0.05, 0.1) is 5.69 Å². The maximum Gasteiger partial charge on any atom is 0.263 e. The molecule has 0 bridgehead atoms. The van der Waals surface area contributed by atoms with Gasteiger partial charge in [0.2, 0.25) is 0 Å². The highest BCUT2D eigenvalue weighted by Crippen LogP contribution is 2.22. The lowest BCUT2D eigenvalue weighted by atomic mass is 10.2. The topological polar surface area (TPSA) is 77.1 Å². The number of aryl methyl sites for hydroxylation is 1. The predicted octanol–water partition coefficient (Wildman–Crippen LogP) is 1.73. The molecule has 7 heteroatoms. The molecule has 1 heterocycles. The van der Waals surface area contributed by atoms with Crippen LogP contribution in [-0.4, -0.2) is 13.0 Å². The normalized spacial score (nSPS) is 11.6. The van der Waals surface area contributed by atoms with Crippen molar-refractivity contribution in [3.05, 3.63) is 47.5 Å². The Morgan fingerprint density at radius 2 is 2.10 bits per heavy atom. The molecule has 0 radical (unpaired) electrons. The quantitative estimate of drug-likeness (QED) is 0.902. The number of benzene rings is 1. The van der Waals surface area contributed by atoms with Crippen LogP contribution in [-0.2, 0) is 23.6 Å². The zero-order valence-corrected chi connectivity index (χ0v) is 12.0. The number of hydrogen-bond acceptors (Lipinski definition) is 3. The Morgan fingerprint density at radius 1 is 1.40 bits per heavy atom. The van der Waals surface area contributed by atoms with Crippen molar-refractivity contribution in [3.63, 3.8) is 0 Å². The Labute approximate surface area is 117 Å². The molecule has 3 N–H and O–H groups in total. The van der Waals surface area contributed by atoms with Crippen LogP contribution in [0.2, 0.25) is 0 Å². The summed E-state index contributed by atoms with van der Waals surface area (Å²) in [5.41, 5.74) is 6.69. The molecule has 0 saturated carbocycles. The monoisotopic (exact) mass is 297 g/mol.